The number of urea groups is 1. The predicted molar refractivity (Wildman–Crippen MR) is 91.9 cm³/mol. The fourth-order valence-electron chi connectivity index (χ4n) is 2.75. The van der Waals surface area contributed by atoms with Crippen LogP contribution in [-0.2, 0) is 12.5 Å². The van der Waals surface area contributed by atoms with Gasteiger partial charge in [-0.05, 0) is 30.5 Å². The molecule has 3 rings (SSSR count). The zero-order chi connectivity index (χ0) is 17.2. The van der Waals surface area contributed by atoms with Gasteiger partial charge in [0.05, 0.1) is 12.3 Å². The minimum absolute atomic E-state index is 0.0178. The van der Waals surface area contributed by atoms with E-state index in [0.717, 1.165) is 12.8 Å². The van der Waals surface area contributed by atoms with Gasteiger partial charge in [-0.15, -0.1) is 0 Å². The Balaban J connectivity index is 1.46. The van der Waals surface area contributed by atoms with Crippen molar-refractivity contribution in [2.45, 2.75) is 24.4 Å². The van der Waals surface area contributed by atoms with Crippen LogP contribution in [0.3, 0.4) is 0 Å². The molecule has 1 fully saturated rings. The van der Waals surface area contributed by atoms with Crippen LogP contribution in [-0.4, -0.2) is 34.0 Å². The number of hydrogen-bond acceptors (Lipinski definition) is 3. The van der Waals surface area contributed by atoms with Crippen molar-refractivity contribution in [2.75, 3.05) is 13.1 Å². The Bertz CT molecular complexity index is 710. The normalized spacial score (nSPS) is 16.5. The van der Waals surface area contributed by atoms with E-state index in [1.54, 1.807) is 24.1 Å². The van der Waals surface area contributed by atoms with Crippen molar-refractivity contribution in [1.82, 2.24) is 20.4 Å². The third-order valence-electron chi connectivity index (χ3n) is 4.46. The fraction of sp³-hybridized carbons (Fsp3) is 0.412. The molecule has 2 aromatic rings. The summed E-state index contributed by atoms with van der Waals surface area (Å²) < 4.78 is 1.61. The molecule has 128 valence electrons. The van der Waals surface area contributed by atoms with Crippen molar-refractivity contribution in [3.05, 3.63) is 52.8 Å². The highest BCUT2D eigenvalue weighted by Crippen LogP contribution is 2.47. The van der Waals surface area contributed by atoms with E-state index >= 15 is 0 Å². The quantitative estimate of drug-likeness (QED) is 0.748. The topological polar surface area (TPSA) is 79.2 Å². The minimum Gasteiger partial charge on any atom is -0.386 e. The first-order valence-corrected chi connectivity index (χ1v) is 8.31. The molecule has 0 saturated heterocycles. The average Bonchev–Trinajstić information content (AvgIpc) is 3.24. The van der Waals surface area contributed by atoms with Crippen LogP contribution in [0.1, 0.15) is 30.1 Å². The lowest BCUT2D eigenvalue weighted by molar-refractivity contribution is 0.173. The summed E-state index contributed by atoms with van der Waals surface area (Å²) in [5, 5.41) is 20.3. The maximum Gasteiger partial charge on any atom is 0.314 e. The molecule has 6 nitrogen and oxygen atoms in total. The highest BCUT2D eigenvalue weighted by molar-refractivity contribution is 6.30. The lowest BCUT2D eigenvalue weighted by Crippen LogP contribution is -2.41. The number of rotatable bonds is 6. The number of aromatic nitrogens is 2. The Labute approximate surface area is 145 Å². The number of benzene rings is 1. The molecule has 1 saturated carbocycles. The van der Waals surface area contributed by atoms with E-state index in [4.69, 9.17) is 11.6 Å². The van der Waals surface area contributed by atoms with Gasteiger partial charge in [0.2, 0.25) is 0 Å². The van der Waals surface area contributed by atoms with E-state index < -0.39 is 6.10 Å². The summed E-state index contributed by atoms with van der Waals surface area (Å²) in [6.45, 7) is 0.717. The van der Waals surface area contributed by atoms with Gasteiger partial charge in [0.25, 0.3) is 0 Å². The van der Waals surface area contributed by atoms with Crippen molar-refractivity contribution in [2.24, 2.45) is 7.05 Å². The van der Waals surface area contributed by atoms with Crippen LogP contribution < -0.4 is 10.6 Å². The van der Waals surface area contributed by atoms with Crippen molar-refractivity contribution in [3.8, 4) is 0 Å². The lowest BCUT2D eigenvalue weighted by atomic mass is 9.96. The van der Waals surface area contributed by atoms with Gasteiger partial charge in [0, 0.05) is 42.3 Å². The van der Waals surface area contributed by atoms with Gasteiger partial charge < -0.3 is 15.7 Å². The molecule has 1 atom stereocenters. The molecular weight excluding hydrogens is 328 g/mol. The van der Waals surface area contributed by atoms with Crippen LogP contribution in [0, 0.1) is 0 Å². The summed E-state index contributed by atoms with van der Waals surface area (Å²) in [4.78, 5) is 12.0. The van der Waals surface area contributed by atoms with E-state index in [0.29, 0.717) is 17.1 Å². The number of aliphatic hydroxyl groups is 1. The van der Waals surface area contributed by atoms with E-state index in [1.807, 2.05) is 24.3 Å². The summed E-state index contributed by atoms with van der Waals surface area (Å²) in [7, 11) is 1.78. The maximum absolute atomic E-state index is 12.0. The van der Waals surface area contributed by atoms with Crippen LogP contribution in [0.5, 0.6) is 0 Å². The van der Waals surface area contributed by atoms with Crippen LogP contribution in [0.15, 0.2) is 36.7 Å². The zero-order valence-electron chi connectivity index (χ0n) is 13.5. The first-order chi connectivity index (χ1) is 11.5. The summed E-state index contributed by atoms with van der Waals surface area (Å²) in [5.74, 6) is 0. The van der Waals surface area contributed by atoms with Crippen LogP contribution in [0.4, 0.5) is 4.79 Å². The van der Waals surface area contributed by atoms with Crippen LogP contribution in [0.25, 0.3) is 0 Å². The number of nitrogens with zero attached hydrogens (tertiary/aromatic N) is 2. The van der Waals surface area contributed by atoms with Gasteiger partial charge in [0.15, 0.2) is 0 Å². The molecule has 1 heterocycles. The Kier molecular flexibility index (Phi) is 4.78. The number of halogens is 1. The van der Waals surface area contributed by atoms with E-state index in [-0.39, 0.29) is 18.0 Å². The lowest BCUT2D eigenvalue weighted by Gasteiger charge is -2.17. The number of aryl methyl sites for hydroxylation is 1. The molecule has 0 bridgehead atoms. The maximum atomic E-state index is 12.0. The molecular formula is C17H21ClN4O2. The molecule has 1 unspecified atom stereocenters. The smallest absolute Gasteiger partial charge is 0.314 e. The molecule has 2 amide bonds. The summed E-state index contributed by atoms with van der Waals surface area (Å²) in [5.41, 5.74) is 1.89. The van der Waals surface area contributed by atoms with E-state index in [1.165, 1.54) is 5.56 Å². The Morgan fingerprint density at radius 3 is 2.67 bits per heavy atom. The molecule has 0 aliphatic heterocycles. The van der Waals surface area contributed by atoms with Gasteiger partial charge >= 0.3 is 6.03 Å². The number of carbonyl (C=O) groups is 1. The second kappa shape index (κ2) is 6.83. The monoisotopic (exact) mass is 348 g/mol. The van der Waals surface area contributed by atoms with E-state index in [9.17, 15) is 9.90 Å². The van der Waals surface area contributed by atoms with Crippen molar-refractivity contribution in [1.29, 1.82) is 0 Å². The SMILES string of the molecule is Cn1cc(C(O)CNC(=O)NCC2(c3ccc(Cl)cc3)CC2)cn1. The molecule has 0 spiro atoms. The second-order valence-electron chi connectivity index (χ2n) is 6.31. The largest absolute Gasteiger partial charge is 0.386 e. The number of hydrogen-bond donors (Lipinski definition) is 3. The van der Waals surface area contributed by atoms with E-state index in [2.05, 4.69) is 15.7 Å². The van der Waals surface area contributed by atoms with Crippen LogP contribution >= 0.6 is 11.6 Å². The molecule has 24 heavy (non-hydrogen) atoms. The van der Waals surface area contributed by atoms with Crippen molar-refractivity contribution >= 4 is 17.6 Å². The Morgan fingerprint density at radius 2 is 2.08 bits per heavy atom. The van der Waals surface area contributed by atoms with Gasteiger partial charge in [-0.25, -0.2) is 4.79 Å². The molecule has 7 heteroatoms. The predicted octanol–water partition coefficient (Wildman–Crippen LogP) is 2.14. The zero-order valence-corrected chi connectivity index (χ0v) is 14.3. The molecule has 1 aromatic heterocycles. The molecule has 0 radical (unpaired) electrons. The first-order valence-electron chi connectivity index (χ1n) is 7.93. The highest BCUT2D eigenvalue weighted by atomic mass is 35.5. The van der Waals surface area contributed by atoms with Gasteiger partial charge in [-0.3, -0.25) is 4.68 Å². The first kappa shape index (κ1) is 16.8. The third-order valence-corrected chi connectivity index (χ3v) is 4.72. The molecule has 1 aliphatic carbocycles. The number of carbonyl (C=O) groups excluding carboxylic acids is 1. The highest BCUT2D eigenvalue weighted by Gasteiger charge is 2.44. The number of amides is 2. The summed E-state index contributed by atoms with van der Waals surface area (Å²) >= 11 is 5.92. The van der Waals surface area contributed by atoms with Gasteiger partial charge in [-0.2, -0.15) is 5.10 Å². The van der Waals surface area contributed by atoms with Gasteiger partial charge in [-0.1, -0.05) is 23.7 Å². The van der Waals surface area contributed by atoms with Crippen molar-refractivity contribution in [3.63, 3.8) is 0 Å². The van der Waals surface area contributed by atoms with Crippen molar-refractivity contribution < 1.29 is 9.90 Å². The Morgan fingerprint density at radius 1 is 1.38 bits per heavy atom. The molecule has 1 aromatic carbocycles. The molecule has 1 aliphatic rings. The minimum atomic E-state index is -0.768. The third kappa shape index (κ3) is 3.88. The standard InChI is InChI=1S/C17H21ClN4O2/c1-22-10-12(8-21-22)15(23)9-19-16(24)20-11-17(6-7-17)13-2-4-14(18)5-3-13/h2-5,8,10,15,23H,6-7,9,11H2,1H3,(H2,19,20,24). The Hall–Kier alpha value is -2.05. The summed E-state index contributed by atoms with van der Waals surface area (Å²) in [6.07, 6.45) is 4.64. The number of aliphatic hydroxyl groups excluding tert-OH is 1. The average molecular weight is 349 g/mol. The second-order valence-corrected chi connectivity index (χ2v) is 6.75. The van der Waals surface area contributed by atoms with Gasteiger partial charge in [0.1, 0.15) is 0 Å². The molecule has 3 N–H and O–H groups in total. The fourth-order valence-corrected chi connectivity index (χ4v) is 2.88. The van der Waals surface area contributed by atoms with Crippen LogP contribution in [0.2, 0.25) is 5.02 Å². The summed E-state index contributed by atoms with van der Waals surface area (Å²) in [6, 6.07) is 7.50. The number of nitrogens with one attached hydrogen (secondary N) is 2.